The number of hydrogen-bond donors (Lipinski definition) is 3. The number of benzene rings is 1. The van der Waals surface area contributed by atoms with Gasteiger partial charge in [0.15, 0.2) is 0 Å². The molecule has 1 aromatic carbocycles. The molecule has 0 saturated heterocycles. The van der Waals surface area contributed by atoms with Gasteiger partial charge in [0.1, 0.15) is 11.6 Å². The van der Waals surface area contributed by atoms with E-state index < -0.39 is 5.82 Å². The summed E-state index contributed by atoms with van der Waals surface area (Å²) in [6.07, 6.45) is 1.78. The first-order valence-corrected chi connectivity index (χ1v) is 4.22. The van der Waals surface area contributed by atoms with Gasteiger partial charge < -0.3 is 16.0 Å². The standard InChI is InChI=1S/C10H10FN3/c11-7-3-1-4-8(10(7)12)14-9-5-2-6-13-9/h1-6,13-14H,12H2. The van der Waals surface area contributed by atoms with Crippen molar-refractivity contribution in [1.82, 2.24) is 4.98 Å². The number of hydrogen-bond acceptors (Lipinski definition) is 2. The molecule has 0 atom stereocenters. The lowest BCUT2D eigenvalue weighted by Crippen LogP contribution is -1.98. The Hall–Kier alpha value is -1.97. The summed E-state index contributed by atoms with van der Waals surface area (Å²) in [5, 5.41) is 2.97. The van der Waals surface area contributed by atoms with E-state index in [1.165, 1.54) is 6.07 Å². The molecular formula is C10H10FN3. The van der Waals surface area contributed by atoms with Gasteiger partial charge >= 0.3 is 0 Å². The summed E-state index contributed by atoms with van der Waals surface area (Å²) in [6.45, 7) is 0. The Labute approximate surface area is 80.8 Å². The molecule has 0 aliphatic carbocycles. The fraction of sp³-hybridized carbons (Fsp3) is 0. The lowest BCUT2D eigenvalue weighted by molar-refractivity contribution is 0.633. The molecule has 3 nitrogen and oxygen atoms in total. The van der Waals surface area contributed by atoms with E-state index in [2.05, 4.69) is 10.3 Å². The van der Waals surface area contributed by atoms with Crippen molar-refractivity contribution in [2.45, 2.75) is 0 Å². The van der Waals surface area contributed by atoms with Gasteiger partial charge in [-0.15, -0.1) is 0 Å². The number of para-hydroxylation sites is 1. The number of nitrogen functional groups attached to an aromatic ring is 1. The predicted molar refractivity (Wildman–Crippen MR) is 54.9 cm³/mol. The van der Waals surface area contributed by atoms with E-state index >= 15 is 0 Å². The van der Waals surface area contributed by atoms with Crippen LogP contribution in [0.25, 0.3) is 0 Å². The van der Waals surface area contributed by atoms with E-state index in [-0.39, 0.29) is 5.69 Å². The van der Waals surface area contributed by atoms with Crippen molar-refractivity contribution in [2.75, 3.05) is 11.1 Å². The van der Waals surface area contributed by atoms with Crippen LogP contribution in [-0.2, 0) is 0 Å². The van der Waals surface area contributed by atoms with Crippen LogP contribution in [0.2, 0.25) is 0 Å². The van der Waals surface area contributed by atoms with E-state index in [0.717, 1.165) is 5.82 Å². The molecule has 1 aromatic heterocycles. The van der Waals surface area contributed by atoms with Crippen molar-refractivity contribution >= 4 is 17.2 Å². The van der Waals surface area contributed by atoms with E-state index in [4.69, 9.17) is 5.73 Å². The highest BCUT2D eigenvalue weighted by Gasteiger charge is 2.03. The Bertz CT molecular complexity index is 423. The zero-order valence-electron chi connectivity index (χ0n) is 7.42. The number of anilines is 3. The second-order valence-corrected chi connectivity index (χ2v) is 2.91. The SMILES string of the molecule is Nc1c(F)cccc1Nc1ccc[nH]1. The first-order chi connectivity index (χ1) is 6.77. The summed E-state index contributed by atoms with van der Waals surface area (Å²) < 4.78 is 13.0. The van der Waals surface area contributed by atoms with Gasteiger partial charge in [0, 0.05) is 6.20 Å². The molecule has 0 aliphatic heterocycles. The third-order valence-corrected chi connectivity index (χ3v) is 1.92. The number of aromatic nitrogens is 1. The summed E-state index contributed by atoms with van der Waals surface area (Å²) in [5.41, 5.74) is 6.24. The van der Waals surface area contributed by atoms with Crippen LogP contribution in [0.15, 0.2) is 36.5 Å². The quantitative estimate of drug-likeness (QED) is 0.639. The summed E-state index contributed by atoms with van der Waals surface area (Å²) in [4.78, 5) is 2.94. The van der Waals surface area contributed by atoms with Crippen molar-refractivity contribution in [3.8, 4) is 0 Å². The highest BCUT2D eigenvalue weighted by Crippen LogP contribution is 2.24. The van der Waals surface area contributed by atoms with Gasteiger partial charge in [-0.05, 0) is 24.3 Å². The Morgan fingerprint density at radius 1 is 1.21 bits per heavy atom. The largest absolute Gasteiger partial charge is 0.395 e. The third-order valence-electron chi connectivity index (χ3n) is 1.92. The molecule has 0 radical (unpaired) electrons. The molecule has 2 aromatic rings. The number of H-pyrrole nitrogens is 1. The molecule has 0 aliphatic rings. The van der Waals surface area contributed by atoms with Crippen LogP contribution < -0.4 is 11.1 Å². The molecule has 72 valence electrons. The Kier molecular flexibility index (Phi) is 2.10. The van der Waals surface area contributed by atoms with Gasteiger partial charge in [-0.3, -0.25) is 0 Å². The average Bonchev–Trinajstić information content (AvgIpc) is 2.66. The summed E-state index contributed by atoms with van der Waals surface area (Å²) in [5.74, 6) is 0.365. The highest BCUT2D eigenvalue weighted by atomic mass is 19.1. The van der Waals surface area contributed by atoms with Gasteiger partial charge in [-0.1, -0.05) is 6.07 Å². The fourth-order valence-electron chi connectivity index (χ4n) is 1.20. The van der Waals surface area contributed by atoms with Crippen LogP contribution in [0.4, 0.5) is 21.6 Å². The van der Waals surface area contributed by atoms with Gasteiger partial charge in [-0.25, -0.2) is 4.39 Å². The van der Waals surface area contributed by atoms with E-state index in [9.17, 15) is 4.39 Å². The number of nitrogens with two attached hydrogens (primary N) is 1. The smallest absolute Gasteiger partial charge is 0.148 e. The van der Waals surface area contributed by atoms with Gasteiger partial charge in [-0.2, -0.15) is 0 Å². The Morgan fingerprint density at radius 2 is 2.07 bits per heavy atom. The number of nitrogens with one attached hydrogen (secondary N) is 2. The van der Waals surface area contributed by atoms with Crippen LogP contribution in [-0.4, -0.2) is 4.98 Å². The number of halogens is 1. The van der Waals surface area contributed by atoms with E-state index in [1.807, 2.05) is 12.1 Å². The monoisotopic (exact) mass is 191 g/mol. The van der Waals surface area contributed by atoms with Crippen LogP contribution in [0.5, 0.6) is 0 Å². The van der Waals surface area contributed by atoms with Crippen molar-refractivity contribution < 1.29 is 4.39 Å². The number of rotatable bonds is 2. The second-order valence-electron chi connectivity index (χ2n) is 2.91. The maximum atomic E-state index is 13.0. The summed E-state index contributed by atoms with van der Waals surface area (Å²) in [6, 6.07) is 8.34. The molecule has 14 heavy (non-hydrogen) atoms. The second kappa shape index (κ2) is 3.41. The van der Waals surface area contributed by atoms with E-state index in [1.54, 1.807) is 18.3 Å². The van der Waals surface area contributed by atoms with Crippen LogP contribution >= 0.6 is 0 Å². The minimum atomic E-state index is -0.415. The first kappa shape index (κ1) is 8.62. The summed E-state index contributed by atoms with van der Waals surface area (Å²) in [7, 11) is 0. The molecule has 0 unspecified atom stereocenters. The molecule has 0 saturated carbocycles. The minimum Gasteiger partial charge on any atom is -0.395 e. The molecule has 0 spiro atoms. The maximum Gasteiger partial charge on any atom is 0.148 e. The third kappa shape index (κ3) is 1.54. The molecule has 0 amide bonds. The van der Waals surface area contributed by atoms with Crippen molar-refractivity contribution in [1.29, 1.82) is 0 Å². The van der Waals surface area contributed by atoms with Crippen molar-refractivity contribution in [3.63, 3.8) is 0 Å². The van der Waals surface area contributed by atoms with Crippen molar-refractivity contribution in [3.05, 3.63) is 42.3 Å². The Morgan fingerprint density at radius 3 is 2.79 bits per heavy atom. The normalized spacial score (nSPS) is 10.1. The first-order valence-electron chi connectivity index (χ1n) is 4.22. The molecule has 4 N–H and O–H groups in total. The van der Waals surface area contributed by atoms with Gasteiger partial charge in [0.25, 0.3) is 0 Å². The van der Waals surface area contributed by atoms with Gasteiger partial charge in [0.2, 0.25) is 0 Å². The molecule has 2 rings (SSSR count). The van der Waals surface area contributed by atoms with Crippen molar-refractivity contribution in [2.24, 2.45) is 0 Å². The average molecular weight is 191 g/mol. The minimum absolute atomic E-state index is 0.127. The highest BCUT2D eigenvalue weighted by molar-refractivity contribution is 5.71. The molecule has 0 fully saturated rings. The maximum absolute atomic E-state index is 13.0. The van der Waals surface area contributed by atoms with Crippen LogP contribution in [0.3, 0.4) is 0 Å². The predicted octanol–water partition coefficient (Wildman–Crippen LogP) is 2.48. The molecule has 4 heteroatoms. The van der Waals surface area contributed by atoms with Crippen LogP contribution in [0.1, 0.15) is 0 Å². The summed E-state index contributed by atoms with van der Waals surface area (Å²) >= 11 is 0. The van der Waals surface area contributed by atoms with E-state index in [0.29, 0.717) is 5.69 Å². The zero-order chi connectivity index (χ0) is 9.97. The lowest BCUT2D eigenvalue weighted by Gasteiger charge is -2.07. The molecule has 1 heterocycles. The molecular weight excluding hydrogens is 181 g/mol. The van der Waals surface area contributed by atoms with Crippen LogP contribution in [0, 0.1) is 5.82 Å². The topological polar surface area (TPSA) is 53.8 Å². The van der Waals surface area contributed by atoms with Gasteiger partial charge in [0.05, 0.1) is 11.4 Å². The lowest BCUT2D eigenvalue weighted by atomic mass is 10.2. The Balaban J connectivity index is 2.29. The fourth-order valence-corrected chi connectivity index (χ4v) is 1.20. The molecule has 0 bridgehead atoms. The zero-order valence-corrected chi connectivity index (χ0v) is 7.42. The number of aromatic amines is 1.